The predicted octanol–water partition coefficient (Wildman–Crippen LogP) is 2.41. The zero-order valence-corrected chi connectivity index (χ0v) is 17.5. The maximum Gasteiger partial charge on any atom is 0.266 e. The third-order valence-corrected chi connectivity index (χ3v) is 7.78. The quantitative estimate of drug-likeness (QED) is 0.454. The van der Waals surface area contributed by atoms with Gasteiger partial charge in [0, 0.05) is 24.2 Å². The Kier molecular flexibility index (Phi) is 5.64. The van der Waals surface area contributed by atoms with Crippen LogP contribution >= 0.6 is 11.6 Å². The Morgan fingerprint density at radius 1 is 1.26 bits per heavy atom. The molecule has 2 aromatic carbocycles. The summed E-state index contributed by atoms with van der Waals surface area (Å²) in [6, 6.07) is 6.44. The summed E-state index contributed by atoms with van der Waals surface area (Å²) in [6.07, 6.45) is 0.501. The molecule has 0 spiro atoms. The number of nitrogens with zero attached hydrogens (tertiary/aromatic N) is 1. The molecule has 2 aliphatic rings. The van der Waals surface area contributed by atoms with Gasteiger partial charge in [0.2, 0.25) is 10.0 Å². The molecule has 3 N–H and O–H groups in total. The van der Waals surface area contributed by atoms with Crippen LogP contribution in [0.1, 0.15) is 12.8 Å². The molecule has 2 atom stereocenters. The van der Waals surface area contributed by atoms with Crippen molar-refractivity contribution in [2.75, 3.05) is 13.1 Å². The standard InChI is InChI=1S/C19H18ClF2N3O5S/c20-11-1-3-13(4-2-11)30-17-15(21)7-14(8-16(17)22)31(28,29)25-12-5-6-19(25,10-23-9-12)18(26)24-27/h1-4,7-8,12,23,27H,5-6,9-10H2,(H,24,26). The van der Waals surface area contributed by atoms with Gasteiger partial charge in [-0.15, -0.1) is 0 Å². The molecular weight excluding hydrogens is 456 g/mol. The summed E-state index contributed by atoms with van der Waals surface area (Å²) in [5.41, 5.74) is -0.0881. The maximum atomic E-state index is 14.7. The van der Waals surface area contributed by atoms with Crippen LogP contribution in [0.2, 0.25) is 5.02 Å². The minimum Gasteiger partial charge on any atom is -0.451 e. The van der Waals surface area contributed by atoms with E-state index in [2.05, 4.69) is 5.32 Å². The summed E-state index contributed by atoms with van der Waals surface area (Å²) < 4.78 is 62.2. The molecule has 2 saturated heterocycles. The molecule has 166 valence electrons. The minimum atomic E-state index is -4.48. The Labute approximate surface area is 181 Å². The molecule has 0 radical (unpaired) electrons. The zero-order valence-electron chi connectivity index (χ0n) is 15.9. The highest BCUT2D eigenvalue weighted by Crippen LogP contribution is 2.42. The summed E-state index contributed by atoms with van der Waals surface area (Å²) in [7, 11) is -4.48. The fourth-order valence-corrected chi connectivity index (χ4v) is 6.25. The molecule has 2 heterocycles. The minimum absolute atomic E-state index is 0.0438. The third-order valence-electron chi connectivity index (χ3n) is 5.53. The van der Waals surface area contributed by atoms with Crippen LogP contribution in [-0.2, 0) is 14.8 Å². The lowest BCUT2D eigenvalue weighted by molar-refractivity contribution is -0.139. The number of fused-ring (bicyclic) bond motifs is 2. The average molecular weight is 474 g/mol. The molecule has 0 aromatic heterocycles. The average Bonchev–Trinajstić information content (AvgIpc) is 2.99. The number of carbonyl (C=O) groups is 1. The highest BCUT2D eigenvalue weighted by Gasteiger charge is 2.59. The van der Waals surface area contributed by atoms with Crippen molar-refractivity contribution in [3.05, 3.63) is 53.1 Å². The zero-order chi connectivity index (χ0) is 22.4. The topological polar surface area (TPSA) is 108 Å². The molecule has 0 saturated carbocycles. The van der Waals surface area contributed by atoms with Gasteiger partial charge in [0.1, 0.15) is 11.3 Å². The number of ether oxygens (including phenoxy) is 1. The number of hydroxylamine groups is 1. The number of hydrogen-bond donors (Lipinski definition) is 3. The molecule has 0 aliphatic carbocycles. The van der Waals surface area contributed by atoms with Crippen LogP contribution in [0.25, 0.3) is 0 Å². The fraction of sp³-hybridized carbons (Fsp3) is 0.316. The highest BCUT2D eigenvalue weighted by molar-refractivity contribution is 7.89. The van der Waals surface area contributed by atoms with E-state index < -0.39 is 49.8 Å². The normalized spacial score (nSPS) is 23.5. The smallest absolute Gasteiger partial charge is 0.266 e. The number of benzene rings is 2. The van der Waals surface area contributed by atoms with Gasteiger partial charge in [0.05, 0.1) is 4.90 Å². The van der Waals surface area contributed by atoms with Crippen molar-refractivity contribution in [3.8, 4) is 11.5 Å². The molecule has 2 fully saturated rings. The van der Waals surface area contributed by atoms with Crippen LogP contribution in [0, 0.1) is 11.6 Å². The van der Waals surface area contributed by atoms with Crippen LogP contribution in [0.15, 0.2) is 41.3 Å². The number of amides is 1. The first kappa shape index (κ1) is 21.9. The van der Waals surface area contributed by atoms with E-state index in [0.717, 1.165) is 4.31 Å². The SMILES string of the molecule is O=C(NO)C12CCC(CNC1)N2S(=O)(=O)c1cc(F)c(Oc2ccc(Cl)cc2)c(F)c1. The van der Waals surface area contributed by atoms with Crippen molar-refractivity contribution in [1.82, 2.24) is 15.1 Å². The van der Waals surface area contributed by atoms with Crippen LogP contribution in [0.4, 0.5) is 8.78 Å². The van der Waals surface area contributed by atoms with E-state index in [9.17, 15) is 22.0 Å². The van der Waals surface area contributed by atoms with Gasteiger partial charge in [-0.1, -0.05) is 11.6 Å². The van der Waals surface area contributed by atoms with Crippen molar-refractivity contribution >= 4 is 27.5 Å². The van der Waals surface area contributed by atoms with Gasteiger partial charge >= 0.3 is 0 Å². The van der Waals surface area contributed by atoms with Crippen LogP contribution in [0.3, 0.4) is 0 Å². The number of nitrogens with one attached hydrogen (secondary N) is 2. The Hall–Kier alpha value is -2.31. The van der Waals surface area contributed by atoms with Crippen molar-refractivity contribution in [1.29, 1.82) is 0 Å². The van der Waals surface area contributed by atoms with Crippen molar-refractivity contribution in [2.24, 2.45) is 0 Å². The highest BCUT2D eigenvalue weighted by atomic mass is 35.5. The second-order valence-corrected chi connectivity index (χ2v) is 9.62. The third kappa shape index (κ3) is 3.66. The molecule has 4 rings (SSSR count). The second-order valence-electron chi connectivity index (χ2n) is 7.37. The largest absolute Gasteiger partial charge is 0.451 e. The first-order valence-corrected chi connectivity index (χ1v) is 11.1. The van der Waals surface area contributed by atoms with Crippen LogP contribution < -0.4 is 15.5 Å². The van der Waals surface area contributed by atoms with Gasteiger partial charge in [0.15, 0.2) is 17.4 Å². The predicted molar refractivity (Wildman–Crippen MR) is 105 cm³/mol. The van der Waals surface area contributed by atoms with Crippen LogP contribution in [0.5, 0.6) is 11.5 Å². The lowest BCUT2D eigenvalue weighted by Gasteiger charge is -2.42. The Morgan fingerprint density at radius 3 is 2.52 bits per heavy atom. The molecule has 31 heavy (non-hydrogen) atoms. The summed E-state index contributed by atoms with van der Waals surface area (Å²) >= 11 is 5.77. The lowest BCUT2D eigenvalue weighted by Crippen LogP contribution is -2.67. The Bertz CT molecular complexity index is 1100. The molecular formula is C19H18ClF2N3O5S. The van der Waals surface area contributed by atoms with Crippen LogP contribution in [-0.4, -0.2) is 48.5 Å². The summed E-state index contributed by atoms with van der Waals surface area (Å²) in [4.78, 5) is 11.7. The Balaban J connectivity index is 1.72. The number of carbonyl (C=O) groups excluding carboxylic acids is 1. The molecule has 1 amide bonds. The van der Waals surface area contributed by atoms with Gasteiger partial charge in [-0.2, -0.15) is 4.31 Å². The van der Waals surface area contributed by atoms with E-state index in [-0.39, 0.29) is 25.3 Å². The number of halogens is 3. The monoisotopic (exact) mass is 473 g/mol. The van der Waals surface area contributed by atoms with Gasteiger partial charge in [-0.3, -0.25) is 10.0 Å². The lowest BCUT2D eigenvalue weighted by atomic mass is 9.97. The number of rotatable bonds is 5. The van der Waals surface area contributed by atoms with E-state index in [4.69, 9.17) is 21.5 Å². The Morgan fingerprint density at radius 2 is 1.90 bits per heavy atom. The van der Waals surface area contributed by atoms with Gasteiger partial charge in [-0.25, -0.2) is 22.7 Å². The number of hydrogen-bond acceptors (Lipinski definition) is 6. The molecule has 2 unspecified atom stereocenters. The van der Waals surface area contributed by atoms with E-state index in [0.29, 0.717) is 23.6 Å². The van der Waals surface area contributed by atoms with Gasteiger partial charge in [-0.05, 0) is 49.2 Å². The summed E-state index contributed by atoms with van der Waals surface area (Å²) in [6.45, 7) is 0.222. The van der Waals surface area contributed by atoms with E-state index in [1.54, 1.807) is 0 Å². The molecule has 12 heteroatoms. The van der Waals surface area contributed by atoms with Gasteiger partial charge in [0.25, 0.3) is 5.91 Å². The summed E-state index contributed by atoms with van der Waals surface area (Å²) in [5.74, 6) is -4.02. The van der Waals surface area contributed by atoms with Crippen molar-refractivity contribution in [3.63, 3.8) is 0 Å². The molecule has 2 aliphatic heterocycles. The van der Waals surface area contributed by atoms with E-state index >= 15 is 0 Å². The van der Waals surface area contributed by atoms with Crippen molar-refractivity contribution < 1.29 is 31.9 Å². The fourth-order valence-electron chi connectivity index (χ4n) is 4.12. The molecule has 2 bridgehead atoms. The number of piperazine rings is 1. The first-order valence-electron chi connectivity index (χ1n) is 9.31. The maximum absolute atomic E-state index is 14.7. The summed E-state index contributed by atoms with van der Waals surface area (Å²) in [5, 5.41) is 12.5. The molecule has 8 nitrogen and oxygen atoms in total. The second kappa shape index (κ2) is 7.99. The van der Waals surface area contributed by atoms with Gasteiger partial charge < -0.3 is 10.1 Å². The molecule has 2 aromatic rings. The van der Waals surface area contributed by atoms with Crippen molar-refractivity contribution in [2.45, 2.75) is 29.3 Å². The first-order chi connectivity index (χ1) is 14.7. The number of sulfonamides is 1. The van der Waals surface area contributed by atoms with E-state index in [1.807, 2.05) is 0 Å². The van der Waals surface area contributed by atoms with E-state index in [1.165, 1.54) is 29.7 Å².